The Morgan fingerprint density at radius 3 is 2.64 bits per heavy atom. The molecule has 1 N–H and O–H groups in total. The third-order valence-electron chi connectivity index (χ3n) is 1.72. The molecular weight excluding hydrogens is 184 g/mol. The van der Waals surface area contributed by atoms with Gasteiger partial charge in [-0.15, -0.1) is 0 Å². The number of aromatic nitrogens is 1. The first-order chi connectivity index (χ1) is 6.54. The highest BCUT2D eigenvalue weighted by Gasteiger charge is 2.11. The van der Waals surface area contributed by atoms with Crippen LogP contribution >= 0.6 is 0 Å². The average Bonchev–Trinajstić information content (AvgIpc) is 2.44. The lowest BCUT2D eigenvalue weighted by atomic mass is 10.4. The SMILES string of the molecule is COC(=O)c1cc(NC(C)=O)cn1C. The van der Waals surface area contributed by atoms with Crippen molar-refractivity contribution in [2.24, 2.45) is 7.05 Å². The highest BCUT2D eigenvalue weighted by Crippen LogP contribution is 2.13. The van der Waals surface area contributed by atoms with Gasteiger partial charge in [0.2, 0.25) is 5.91 Å². The Bertz CT molecular complexity index is 368. The third kappa shape index (κ3) is 2.12. The smallest absolute Gasteiger partial charge is 0.354 e. The predicted molar refractivity (Wildman–Crippen MR) is 51.1 cm³/mol. The number of carbonyl (C=O) groups excluding carboxylic acids is 2. The maximum absolute atomic E-state index is 11.2. The zero-order chi connectivity index (χ0) is 10.7. The summed E-state index contributed by atoms with van der Waals surface area (Å²) in [5.41, 5.74) is 0.983. The van der Waals surface area contributed by atoms with Crippen LogP contribution in [0, 0.1) is 0 Å². The van der Waals surface area contributed by atoms with Crippen molar-refractivity contribution in [2.45, 2.75) is 6.92 Å². The van der Waals surface area contributed by atoms with Crippen molar-refractivity contribution < 1.29 is 14.3 Å². The van der Waals surface area contributed by atoms with Crippen LogP contribution in [-0.4, -0.2) is 23.6 Å². The first kappa shape index (κ1) is 10.3. The summed E-state index contributed by atoms with van der Waals surface area (Å²) in [5.74, 6) is -0.601. The number of nitrogens with zero attached hydrogens (tertiary/aromatic N) is 1. The molecule has 0 aliphatic heterocycles. The number of rotatable bonds is 2. The van der Waals surface area contributed by atoms with E-state index in [0.717, 1.165) is 0 Å². The minimum atomic E-state index is -0.427. The van der Waals surface area contributed by atoms with Crippen molar-refractivity contribution in [1.82, 2.24) is 4.57 Å². The second-order valence-electron chi connectivity index (χ2n) is 2.90. The summed E-state index contributed by atoms with van der Waals surface area (Å²) in [6.45, 7) is 1.41. The molecule has 0 aromatic carbocycles. The number of hydrogen-bond donors (Lipinski definition) is 1. The topological polar surface area (TPSA) is 60.3 Å². The monoisotopic (exact) mass is 196 g/mol. The number of ether oxygens (including phenoxy) is 1. The normalized spacial score (nSPS) is 9.64. The number of amides is 1. The molecule has 0 fully saturated rings. The maximum Gasteiger partial charge on any atom is 0.354 e. The van der Waals surface area contributed by atoms with Crippen LogP contribution in [0.25, 0.3) is 0 Å². The van der Waals surface area contributed by atoms with Crippen molar-refractivity contribution in [3.05, 3.63) is 18.0 Å². The number of anilines is 1. The van der Waals surface area contributed by atoms with Crippen LogP contribution < -0.4 is 5.32 Å². The molecule has 5 heteroatoms. The van der Waals surface area contributed by atoms with E-state index < -0.39 is 5.97 Å². The van der Waals surface area contributed by atoms with E-state index in [1.807, 2.05) is 0 Å². The molecular formula is C9H12N2O3. The fourth-order valence-corrected chi connectivity index (χ4v) is 1.14. The fourth-order valence-electron chi connectivity index (χ4n) is 1.14. The van der Waals surface area contributed by atoms with Gasteiger partial charge in [0.05, 0.1) is 12.8 Å². The van der Waals surface area contributed by atoms with E-state index in [1.54, 1.807) is 23.9 Å². The Balaban J connectivity index is 2.93. The lowest BCUT2D eigenvalue weighted by Gasteiger charge is -1.98. The second kappa shape index (κ2) is 3.95. The van der Waals surface area contributed by atoms with Gasteiger partial charge in [0.25, 0.3) is 0 Å². The number of carbonyl (C=O) groups is 2. The highest BCUT2D eigenvalue weighted by atomic mass is 16.5. The number of methoxy groups -OCH3 is 1. The zero-order valence-corrected chi connectivity index (χ0v) is 8.33. The number of aryl methyl sites for hydroxylation is 1. The minimum Gasteiger partial charge on any atom is -0.464 e. The summed E-state index contributed by atoms with van der Waals surface area (Å²) in [5, 5.41) is 2.58. The van der Waals surface area contributed by atoms with Crippen LogP contribution in [0.1, 0.15) is 17.4 Å². The summed E-state index contributed by atoms with van der Waals surface area (Å²) in [4.78, 5) is 21.9. The highest BCUT2D eigenvalue weighted by molar-refractivity contribution is 5.93. The molecule has 5 nitrogen and oxygen atoms in total. The van der Waals surface area contributed by atoms with Gasteiger partial charge >= 0.3 is 5.97 Å². The van der Waals surface area contributed by atoms with Gasteiger partial charge in [0, 0.05) is 20.2 Å². The molecule has 1 rings (SSSR count). The van der Waals surface area contributed by atoms with Crippen molar-refractivity contribution in [3.8, 4) is 0 Å². The molecule has 1 aromatic rings. The summed E-state index contributed by atoms with van der Waals surface area (Å²) >= 11 is 0. The van der Waals surface area contributed by atoms with E-state index in [9.17, 15) is 9.59 Å². The predicted octanol–water partition coefficient (Wildman–Crippen LogP) is 0.770. The Morgan fingerprint density at radius 1 is 1.50 bits per heavy atom. The van der Waals surface area contributed by atoms with E-state index >= 15 is 0 Å². The van der Waals surface area contributed by atoms with Crippen molar-refractivity contribution in [1.29, 1.82) is 0 Å². The molecule has 76 valence electrons. The van der Waals surface area contributed by atoms with Crippen LogP contribution in [0.15, 0.2) is 12.3 Å². The van der Waals surface area contributed by atoms with E-state index in [4.69, 9.17) is 0 Å². The zero-order valence-electron chi connectivity index (χ0n) is 8.33. The van der Waals surface area contributed by atoms with Crippen LogP contribution in [0.4, 0.5) is 5.69 Å². The third-order valence-corrected chi connectivity index (χ3v) is 1.72. The minimum absolute atomic E-state index is 0.174. The second-order valence-corrected chi connectivity index (χ2v) is 2.90. The Morgan fingerprint density at radius 2 is 2.14 bits per heavy atom. The van der Waals surface area contributed by atoms with Gasteiger partial charge < -0.3 is 14.6 Å². The Labute approximate surface area is 81.7 Å². The van der Waals surface area contributed by atoms with Gasteiger partial charge in [-0.1, -0.05) is 0 Å². The Kier molecular flexibility index (Phi) is 2.91. The van der Waals surface area contributed by atoms with Crippen molar-refractivity contribution >= 4 is 17.6 Å². The summed E-state index contributed by atoms with van der Waals surface area (Å²) in [7, 11) is 3.02. The first-order valence-corrected chi connectivity index (χ1v) is 4.07. The van der Waals surface area contributed by atoms with E-state index in [0.29, 0.717) is 11.4 Å². The molecule has 1 heterocycles. The molecule has 0 aliphatic carbocycles. The van der Waals surface area contributed by atoms with Gasteiger partial charge in [-0.2, -0.15) is 0 Å². The molecule has 1 amide bonds. The van der Waals surface area contributed by atoms with E-state index in [2.05, 4.69) is 10.1 Å². The Hall–Kier alpha value is -1.78. The lowest BCUT2D eigenvalue weighted by Crippen LogP contribution is -2.06. The van der Waals surface area contributed by atoms with Crippen LogP contribution in [-0.2, 0) is 16.6 Å². The largest absolute Gasteiger partial charge is 0.464 e. The molecule has 1 aromatic heterocycles. The van der Waals surface area contributed by atoms with Gasteiger partial charge in [-0.05, 0) is 6.07 Å². The molecule has 0 saturated heterocycles. The maximum atomic E-state index is 11.2. The van der Waals surface area contributed by atoms with Gasteiger partial charge in [-0.25, -0.2) is 4.79 Å². The van der Waals surface area contributed by atoms with Gasteiger partial charge in [-0.3, -0.25) is 4.79 Å². The quantitative estimate of drug-likeness (QED) is 0.711. The molecule has 14 heavy (non-hydrogen) atoms. The standard InChI is InChI=1S/C9H12N2O3/c1-6(12)10-7-4-8(9(13)14-3)11(2)5-7/h4-5H,1-3H3,(H,10,12). The van der Waals surface area contributed by atoms with Crippen LogP contribution in [0.3, 0.4) is 0 Å². The number of hydrogen-bond acceptors (Lipinski definition) is 3. The van der Waals surface area contributed by atoms with E-state index in [-0.39, 0.29) is 5.91 Å². The molecule has 0 spiro atoms. The number of esters is 1. The van der Waals surface area contributed by atoms with Crippen molar-refractivity contribution in [3.63, 3.8) is 0 Å². The summed E-state index contributed by atoms with van der Waals surface area (Å²) < 4.78 is 6.16. The fraction of sp³-hybridized carbons (Fsp3) is 0.333. The van der Waals surface area contributed by atoms with Crippen molar-refractivity contribution in [2.75, 3.05) is 12.4 Å². The molecule has 0 unspecified atom stereocenters. The first-order valence-electron chi connectivity index (χ1n) is 4.07. The summed E-state index contributed by atoms with van der Waals surface area (Å²) in [6, 6.07) is 1.56. The van der Waals surface area contributed by atoms with Crippen LogP contribution in [0.5, 0.6) is 0 Å². The molecule has 0 aliphatic rings. The lowest BCUT2D eigenvalue weighted by molar-refractivity contribution is -0.114. The van der Waals surface area contributed by atoms with Crippen LogP contribution in [0.2, 0.25) is 0 Å². The van der Waals surface area contributed by atoms with Gasteiger partial charge in [0.15, 0.2) is 0 Å². The number of nitrogens with one attached hydrogen (secondary N) is 1. The summed E-state index contributed by atoms with van der Waals surface area (Å²) in [6.07, 6.45) is 1.65. The molecule has 0 atom stereocenters. The average molecular weight is 196 g/mol. The molecule has 0 bridgehead atoms. The molecule has 0 radical (unpaired) electrons. The van der Waals surface area contributed by atoms with E-state index in [1.165, 1.54) is 14.0 Å². The molecule has 0 saturated carbocycles. The van der Waals surface area contributed by atoms with Gasteiger partial charge in [0.1, 0.15) is 5.69 Å².